The second-order valence-corrected chi connectivity index (χ2v) is 16.0. The molecule has 0 rings (SSSR count). The number of unbranched alkanes of at least 4 members (excludes halogenated alkanes) is 29. The minimum atomic E-state index is -0.528. The van der Waals surface area contributed by atoms with Gasteiger partial charge in [0.15, 0.2) is 6.10 Å². The largest absolute Gasteiger partial charge is 0.462 e. The molecule has 1 atom stereocenters. The lowest BCUT2D eigenvalue weighted by molar-refractivity contribution is -0.163. The summed E-state index contributed by atoms with van der Waals surface area (Å²) in [6.07, 6.45) is 51.8. The van der Waals surface area contributed by atoms with Crippen molar-refractivity contribution in [2.75, 3.05) is 19.8 Å². The lowest BCUT2D eigenvalue weighted by atomic mass is 10.0. The number of hydrogen-bond acceptors (Lipinski definition) is 5. The molecule has 0 aromatic heterocycles. The maximum absolute atomic E-state index is 12.6. The van der Waals surface area contributed by atoms with Gasteiger partial charge in [-0.3, -0.25) is 9.59 Å². The molecule has 5 heteroatoms. The average molecular weight is 761 g/mol. The molecule has 0 aliphatic heterocycles. The number of carbonyl (C=O) groups excluding carboxylic acids is 2. The molecule has 0 N–H and O–H groups in total. The van der Waals surface area contributed by atoms with E-state index < -0.39 is 6.10 Å². The van der Waals surface area contributed by atoms with Gasteiger partial charge in [0.25, 0.3) is 0 Å². The van der Waals surface area contributed by atoms with Crippen LogP contribution in [-0.4, -0.2) is 37.9 Å². The highest BCUT2D eigenvalue weighted by atomic mass is 16.6. The maximum atomic E-state index is 12.6. The minimum Gasteiger partial charge on any atom is -0.462 e. The van der Waals surface area contributed by atoms with Crippen molar-refractivity contribution in [2.45, 2.75) is 258 Å². The number of allylic oxidation sites excluding steroid dienone is 4. The molecule has 1 unspecified atom stereocenters. The van der Waals surface area contributed by atoms with Crippen LogP contribution in [0.1, 0.15) is 252 Å². The zero-order valence-corrected chi connectivity index (χ0v) is 36.5. The van der Waals surface area contributed by atoms with Crippen molar-refractivity contribution in [3.05, 3.63) is 24.3 Å². The molecule has 0 heterocycles. The van der Waals surface area contributed by atoms with Crippen molar-refractivity contribution in [1.29, 1.82) is 0 Å². The summed E-state index contributed by atoms with van der Waals surface area (Å²) < 4.78 is 17.3. The quantitative estimate of drug-likeness (QED) is 0.0352. The van der Waals surface area contributed by atoms with Gasteiger partial charge in [-0.2, -0.15) is 0 Å². The molecule has 0 fully saturated rings. The first-order valence-corrected chi connectivity index (χ1v) is 23.9. The Morgan fingerprint density at radius 1 is 0.407 bits per heavy atom. The van der Waals surface area contributed by atoms with Gasteiger partial charge in [0, 0.05) is 19.4 Å². The molecule has 0 bridgehead atoms. The number of rotatable bonds is 44. The Morgan fingerprint density at radius 2 is 0.778 bits per heavy atom. The first-order chi connectivity index (χ1) is 26.6. The van der Waals surface area contributed by atoms with Gasteiger partial charge in [-0.1, -0.05) is 212 Å². The molecule has 0 radical (unpaired) electrons. The summed E-state index contributed by atoms with van der Waals surface area (Å²) in [4.78, 5) is 25.1. The van der Waals surface area contributed by atoms with Gasteiger partial charge in [0.2, 0.25) is 0 Å². The molecule has 0 saturated heterocycles. The maximum Gasteiger partial charge on any atom is 0.306 e. The van der Waals surface area contributed by atoms with Gasteiger partial charge in [-0.25, -0.2) is 0 Å². The van der Waals surface area contributed by atoms with Crippen LogP contribution in [0.4, 0.5) is 0 Å². The van der Waals surface area contributed by atoms with Crippen LogP contribution in [0.25, 0.3) is 0 Å². The molecule has 0 aromatic carbocycles. The Kier molecular flexibility index (Phi) is 44.4. The third-order valence-electron chi connectivity index (χ3n) is 10.5. The van der Waals surface area contributed by atoms with Gasteiger partial charge in [0.05, 0.1) is 6.61 Å². The molecule has 0 amide bonds. The third kappa shape index (κ3) is 43.1. The molecular formula is C49H92O5. The van der Waals surface area contributed by atoms with E-state index in [1.54, 1.807) is 0 Å². The van der Waals surface area contributed by atoms with Crippen LogP contribution in [0, 0.1) is 0 Å². The topological polar surface area (TPSA) is 61.8 Å². The lowest BCUT2D eigenvalue weighted by Gasteiger charge is -2.18. The van der Waals surface area contributed by atoms with Crippen molar-refractivity contribution in [1.82, 2.24) is 0 Å². The van der Waals surface area contributed by atoms with Crippen molar-refractivity contribution >= 4 is 11.9 Å². The van der Waals surface area contributed by atoms with Crippen molar-refractivity contribution in [3.63, 3.8) is 0 Å². The van der Waals surface area contributed by atoms with E-state index in [1.165, 1.54) is 173 Å². The Labute approximate surface area is 337 Å². The Balaban J connectivity index is 4.11. The molecule has 318 valence electrons. The molecule has 0 aliphatic rings. The Morgan fingerprint density at radius 3 is 1.26 bits per heavy atom. The number of esters is 2. The summed E-state index contributed by atoms with van der Waals surface area (Å²) in [7, 11) is 0. The second kappa shape index (κ2) is 45.8. The van der Waals surface area contributed by atoms with E-state index in [0.717, 1.165) is 44.9 Å². The van der Waals surface area contributed by atoms with Crippen LogP contribution < -0.4 is 0 Å². The van der Waals surface area contributed by atoms with Crippen LogP contribution in [0.5, 0.6) is 0 Å². The molecule has 5 nitrogen and oxygen atoms in total. The first-order valence-electron chi connectivity index (χ1n) is 23.9. The van der Waals surface area contributed by atoms with E-state index >= 15 is 0 Å². The third-order valence-corrected chi connectivity index (χ3v) is 10.5. The van der Waals surface area contributed by atoms with E-state index in [-0.39, 0.29) is 18.5 Å². The smallest absolute Gasteiger partial charge is 0.306 e. The van der Waals surface area contributed by atoms with Crippen LogP contribution >= 0.6 is 0 Å². The van der Waals surface area contributed by atoms with Gasteiger partial charge in [-0.05, 0) is 51.4 Å². The van der Waals surface area contributed by atoms with E-state index in [2.05, 4.69) is 45.1 Å². The SMILES string of the molecule is CCCCC/C=C\C/C=C\CCCCCCCCCC(=O)OCC(COCCCCCCCCCCCCCCCC)OC(=O)CCCCCCCCC. The lowest BCUT2D eigenvalue weighted by Crippen LogP contribution is -2.30. The van der Waals surface area contributed by atoms with Crippen LogP contribution in [0.15, 0.2) is 24.3 Å². The monoisotopic (exact) mass is 761 g/mol. The predicted molar refractivity (Wildman–Crippen MR) is 233 cm³/mol. The van der Waals surface area contributed by atoms with Crippen molar-refractivity contribution in [3.8, 4) is 0 Å². The number of ether oxygens (including phenoxy) is 3. The number of carbonyl (C=O) groups is 2. The zero-order chi connectivity index (χ0) is 39.3. The highest BCUT2D eigenvalue weighted by Gasteiger charge is 2.17. The van der Waals surface area contributed by atoms with Gasteiger partial charge < -0.3 is 14.2 Å². The average Bonchev–Trinajstić information content (AvgIpc) is 3.17. The molecule has 0 aromatic rings. The van der Waals surface area contributed by atoms with E-state index in [4.69, 9.17) is 14.2 Å². The highest BCUT2D eigenvalue weighted by molar-refractivity contribution is 5.70. The number of hydrogen-bond donors (Lipinski definition) is 0. The normalized spacial score (nSPS) is 12.3. The standard InChI is InChI=1S/C49H92O5/c1-4-7-10-13-16-18-20-22-24-25-26-27-29-31-34-36-39-42-48(50)53-46-47(54-49(51)43-40-37-33-15-12-9-6-3)45-52-44-41-38-35-32-30-28-23-21-19-17-14-11-8-5-2/h16,18,22,24,47H,4-15,17,19-21,23,25-46H2,1-3H3/b18-16-,24-22-. The van der Waals surface area contributed by atoms with E-state index in [1.807, 2.05) is 0 Å². The van der Waals surface area contributed by atoms with Gasteiger partial charge in [-0.15, -0.1) is 0 Å². The van der Waals surface area contributed by atoms with Gasteiger partial charge >= 0.3 is 11.9 Å². The molecule has 54 heavy (non-hydrogen) atoms. The van der Waals surface area contributed by atoms with Crippen LogP contribution in [-0.2, 0) is 23.8 Å². The summed E-state index contributed by atoms with van der Waals surface area (Å²) in [5.74, 6) is -0.399. The predicted octanol–water partition coefficient (Wildman–Crippen LogP) is 15.7. The first kappa shape index (κ1) is 52.4. The van der Waals surface area contributed by atoms with Crippen LogP contribution in [0.2, 0.25) is 0 Å². The van der Waals surface area contributed by atoms with Crippen molar-refractivity contribution < 1.29 is 23.8 Å². The highest BCUT2D eigenvalue weighted by Crippen LogP contribution is 2.15. The summed E-state index contributed by atoms with van der Waals surface area (Å²) in [5, 5.41) is 0. The van der Waals surface area contributed by atoms with E-state index in [0.29, 0.717) is 26.1 Å². The second-order valence-electron chi connectivity index (χ2n) is 16.0. The Hall–Kier alpha value is -1.62. The van der Waals surface area contributed by atoms with Gasteiger partial charge in [0.1, 0.15) is 6.61 Å². The van der Waals surface area contributed by atoms with E-state index in [9.17, 15) is 9.59 Å². The fourth-order valence-electron chi connectivity index (χ4n) is 6.89. The van der Waals surface area contributed by atoms with Crippen molar-refractivity contribution in [2.24, 2.45) is 0 Å². The fraction of sp³-hybridized carbons (Fsp3) is 0.878. The summed E-state index contributed by atoms with van der Waals surface area (Å²) in [6.45, 7) is 7.80. The van der Waals surface area contributed by atoms with Crippen LogP contribution in [0.3, 0.4) is 0 Å². The molecule has 0 saturated carbocycles. The molecule has 0 spiro atoms. The summed E-state index contributed by atoms with van der Waals surface area (Å²) in [5.41, 5.74) is 0. The zero-order valence-electron chi connectivity index (χ0n) is 36.5. The summed E-state index contributed by atoms with van der Waals surface area (Å²) in [6, 6.07) is 0. The molecular weight excluding hydrogens is 669 g/mol. The minimum absolute atomic E-state index is 0.0873. The molecule has 0 aliphatic carbocycles. The fourth-order valence-corrected chi connectivity index (χ4v) is 6.89. The Bertz CT molecular complexity index is 821. The summed E-state index contributed by atoms with van der Waals surface area (Å²) >= 11 is 0.